The largest absolute Gasteiger partial charge is 0.299 e. The Kier molecular flexibility index (Phi) is 1.78. The van der Waals surface area contributed by atoms with Gasteiger partial charge in [-0.3, -0.25) is 4.79 Å². The van der Waals surface area contributed by atoms with E-state index in [1.54, 1.807) is 6.08 Å². The Hall–Kier alpha value is -1.37. The number of hydrogen-bond acceptors (Lipinski definition) is 1. The fraction of sp³-hybridized carbons (Fsp3) is 0.182. The van der Waals surface area contributed by atoms with E-state index >= 15 is 0 Å². The van der Waals surface area contributed by atoms with Crippen molar-refractivity contribution in [2.45, 2.75) is 12.8 Å². The summed E-state index contributed by atoms with van der Waals surface area (Å²) in [5.74, 6) is 0. The molecule has 0 aromatic heterocycles. The second-order valence-corrected chi connectivity index (χ2v) is 2.99. The number of carbonyl (C=O) groups is 1. The summed E-state index contributed by atoms with van der Waals surface area (Å²) in [6.07, 6.45) is 4.64. The maximum absolute atomic E-state index is 10.3. The Bertz CT molecular complexity index is 337. The number of aldehydes is 1. The van der Waals surface area contributed by atoms with Crippen LogP contribution in [0.5, 0.6) is 0 Å². The van der Waals surface area contributed by atoms with Crippen LogP contribution < -0.4 is 0 Å². The van der Waals surface area contributed by atoms with Crippen molar-refractivity contribution in [1.29, 1.82) is 0 Å². The van der Waals surface area contributed by atoms with Crippen molar-refractivity contribution >= 4 is 11.9 Å². The van der Waals surface area contributed by atoms with Crippen molar-refractivity contribution in [2.75, 3.05) is 0 Å². The van der Waals surface area contributed by atoms with Gasteiger partial charge in [0.05, 0.1) is 0 Å². The molecule has 0 bridgehead atoms. The van der Waals surface area contributed by atoms with Crippen molar-refractivity contribution in [3.8, 4) is 0 Å². The fourth-order valence-electron chi connectivity index (χ4n) is 1.71. The van der Waals surface area contributed by atoms with Crippen LogP contribution in [0.15, 0.2) is 30.3 Å². The van der Waals surface area contributed by atoms with Gasteiger partial charge in [-0.05, 0) is 35.6 Å². The number of aryl methyl sites for hydroxylation is 1. The molecule has 60 valence electrons. The van der Waals surface area contributed by atoms with Gasteiger partial charge in [-0.2, -0.15) is 0 Å². The number of benzene rings is 1. The average molecular weight is 158 g/mol. The molecule has 0 heterocycles. The highest BCUT2D eigenvalue weighted by atomic mass is 16.1. The highest BCUT2D eigenvalue weighted by Gasteiger charge is 2.13. The minimum atomic E-state index is 0.872. The van der Waals surface area contributed by atoms with Crippen LogP contribution in [0.3, 0.4) is 0 Å². The molecular formula is C11H10O. The van der Waals surface area contributed by atoms with Crippen LogP contribution in [0.25, 0.3) is 5.57 Å². The molecular weight excluding hydrogens is 148 g/mol. The van der Waals surface area contributed by atoms with Gasteiger partial charge in [-0.15, -0.1) is 0 Å². The lowest BCUT2D eigenvalue weighted by Crippen LogP contribution is -1.78. The molecule has 0 N–H and O–H groups in total. The van der Waals surface area contributed by atoms with Gasteiger partial charge in [0, 0.05) is 0 Å². The van der Waals surface area contributed by atoms with Gasteiger partial charge in [-0.1, -0.05) is 24.3 Å². The van der Waals surface area contributed by atoms with Crippen LogP contribution in [-0.2, 0) is 11.2 Å². The zero-order chi connectivity index (χ0) is 8.39. The fourth-order valence-corrected chi connectivity index (χ4v) is 1.71. The molecule has 2 rings (SSSR count). The molecule has 1 aromatic carbocycles. The van der Waals surface area contributed by atoms with Crippen LogP contribution in [0.2, 0.25) is 0 Å². The average Bonchev–Trinajstić information content (AvgIpc) is 2.50. The topological polar surface area (TPSA) is 17.1 Å². The third-order valence-corrected chi connectivity index (χ3v) is 2.30. The van der Waals surface area contributed by atoms with Crippen LogP contribution in [0.4, 0.5) is 0 Å². The summed E-state index contributed by atoms with van der Waals surface area (Å²) >= 11 is 0. The minimum absolute atomic E-state index is 0.872. The predicted molar refractivity (Wildman–Crippen MR) is 48.8 cm³/mol. The van der Waals surface area contributed by atoms with Gasteiger partial charge in [0.2, 0.25) is 0 Å². The monoisotopic (exact) mass is 158 g/mol. The molecule has 0 spiro atoms. The molecule has 0 amide bonds. The summed E-state index contributed by atoms with van der Waals surface area (Å²) < 4.78 is 0. The second-order valence-electron chi connectivity index (χ2n) is 2.99. The molecule has 0 radical (unpaired) electrons. The summed E-state index contributed by atoms with van der Waals surface area (Å²) in [7, 11) is 0. The Morgan fingerprint density at radius 1 is 1.17 bits per heavy atom. The number of allylic oxidation sites excluding steroid dienone is 2. The lowest BCUT2D eigenvalue weighted by Gasteiger charge is -1.96. The SMILES string of the molecule is O=C/C=C1/CCc2ccccc21. The number of fused-ring (bicyclic) bond motifs is 1. The van der Waals surface area contributed by atoms with Crippen LogP contribution in [-0.4, -0.2) is 6.29 Å². The van der Waals surface area contributed by atoms with Crippen molar-refractivity contribution < 1.29 is 4.79 Å². The zero-order valence-corrected chi connectivity index (χ0v) is 6.79. The minimum Gasteiger partial charge on any atom is -0.299 e. The Labute approximate surface area is 71.7 Å². The van der Waals surface area contributed by atoms with E-state index in [2.05, 4.69) is 12.1 Å². The third-order valence-electron chi connectivity index (χ3n) is 2.30. The van der Waals surface area contributed by atoms with Crippen molar-refractivity contribution in [3.63, 3.8) is 0 Å². The quantitative estimate of drug-likeness (QED) is 0.452. The van der Waals surface area contributed by atoms with Gasteiger partial charge in [0.25, 0.3) is 0 Å². The molecule has 0 saturated carbocycles. The normalized spacial score (nSPS) is 17.8. The Morgan fingerprint density at radius 2 is 2.00 bits per heavy atom. The molecule has 1 heteroatoms. The van der Waals surface area contributed by atoms with E-state index < -0.39 is 0 Å². The molecule has 0 saturated heterocycles. The molecule has 1 aliphatic carbocycles. The summed E-state index contributed by atoms with van der Waals surface area (Å²) in [5.41, 5.74) is 3.80. The van der Waals surface area contributed by atoms with E-state index in [-0.39, 0.29) is 0 Å². The van der Waals surface area contributed by atoms with Crippen LogP contribution in [0.1, 0.15) is 17.5 Å². The van der Waals surface area contributed by atoms with Gasteiger partial charge < -0.3 is 0 Å². The van der Waals surface area contributed by atoms with E-state index in [0.717, 1.165) is 19.1 Å². The van der Waals surface area contributed by atoms with E-state index in [0.29, 0.717) is 0 Å². The number of carbonyl (C=O) groups excluding carboxylic acids is 1. The maximum Gasteiger partial charge on any atom is 0.143 e. The Morgan fingerprint density at radius 3 is 2.83 bits per heavy atom. The summed E-state index contributed by atoms with van der Waals surface area (Å²) in [6, 6.07) is 8.27. The molecule has 0 fully saturated rings. The molecule has 1 aliphatic rings. The van der Waals surface area contributed by atoms with Gasteiger partial charge in [0.15, 0.2) is 0 Å². The van der Waals surface area contributed by atoms with Crippen LogP contribution in [0, 0.1) is 0 Å². The molecule has 0 aliphatic heterocycles. The highest BCUT2D eigenvalue weighted by molar-refractivity contribution is 5.84. The first-order valence-corrected chi connectivity index (χ1v) is 4.14. The van der Waals surface area contributed by atoms with Gasteiger partial charge >= 0.3 is 0 Å². The summed E-state index contributed by atoms with van der Waals surface area (Å²) in [5, 5.41) is 0. The molecule has 1 aromatic rings. The zero-order valence-electron chi connectivity index (χ0n) is 6.79. The molecule has 1 nitrogen and oxygen atoms in total. The molecule has 0 unspecified atom stereocenters. The highest BCUT2D eigenvalue weighted by Crippen LogP contribution is 2.30. The maximum atomic E-state index is 10.3. The van der Waals surface area contributed by atoms with Crippen molar-refractivity contribution in [1.82, 2.24) is 0 Å². The first-order valence-electron chi connectivity index (χ1n) is 4.14. The lowest BCUT2D eigenvalue weighted by molar-refractivity contribution is -0.104. The summed E-state index contributed by atoms with van der Waals surface area (Å²) in [6.45, 7) is 0. The number of hydrogen-bond donors (Lipinski definition) is 0. The van der Waals surface area contributed by atoms with E-state index in [1.165, 1.54) is 16.7 Å². The van der Waals surface area contributed by atoms with E-state index in [4.69, 9.17) is 0 Å². The van der Waals surface area contributed by atoms with E-state index in [1.807, 2.05) is 12.1 Å². The summed E-state index contributed by atoms with van der Waals surface area (Å²) in [4.78, 5) is 10.3. The Balaban J connectivity index is 2.49. The van der Waals surface area contributed by atoms with Crippen LogP contribution >= 0.6 is 0 Å². The second kappa shape index (κ2) is 2.94. The van der Waals surface area contributed by atoms with Gasteiger partial charge in [-0.25, -0.2) is 0 Å². The number of rotatable bonds is 1. The predicted octanol–water partition coefficient (Wildman–Crippen LogP) is 2.22. The molecule has 0 atom stereocenters. The smallest absolute Gasteiger partial charge is 0.143 e. The van der Waals surface area contributed by atoms with Crippen molar-refractivity contribution in [2.24, 2.45) is 0 Å². The van der Waals surface area contributed by atoms with Crippen molar-refractivity contribution in [3.05, 3.63) is 41.5 Å². The standard InChI is InChI=1S/C11H10O/c12-8-7-10-6-5-9-3-1-2-4-11(9)10/h1-4,7-8H,5-6H2/b10-7-. The first-order chi connectivity index (χ1) is 5.92. The van der Waals surface area contributed by atoms with Gasteiger partial charge in [0.1, 0.15) is 6.29 Å². The van der Waals surface area contributed by atoms with E-state index in [9.17, 15) is 4.79 Å². The first kappa shape index (κ1) is 7.29. The lowest BCUT2D eigenvalue weighted by atomic mass is 10.1. The molecule has 12 heavy (non-hydrogen) atoms. The third kappa shape index (κ3) is 1.07.